The molecule has 0 unspecified atom stereocenters. The van der Waals surface area contributed by atoms with Gasteiger partial charge in [0, 0.05) is 12.4 Å². The second-order valence-electron chi connectivity index (χ2n) is 6.90. The predicted molar refractivity (Wildman–Crippen MR) is 108 cm³/mol. The molecule has 3 heterocycles. The van der Waals surface area contributed by atoms with E-state index in [2.05, 4.69) is 18.1 Å². The van der Waals surface area contributed by atoms with Crippen molar-refractivity contribution in [1.82, 2.24) is 14.2 Å². The molecule has 1 atom stereocenters. The Hall–Kier alpha value is -2.70. The van der Waals surface area contributed by atoms with Crippen molar-refractivity contribution in [2.75, 3.05) is 0 Å². The number of benzene rings is 1. The lowest BCUT2D eigenvalue weighted by atomic mass is 9.97. The molecule has 138 valence electrons. The summed E-state index contributed by atoms with van der Waals surface area (Å²) in [4.78, 5) is 13.9. The molecule has 0 radical (unpaired) electrons. The molecule has 27 heavy (non-hydrogen) atoms. The summed E-state index contributed by atoms with van der Waals surface area (Å²) >= 11 is 1.59. The van der Waals surface area contributed by atoms with Crippen molar-refractivity contribution in [2.45, 2.75) is 33.4 Å². The molecule has 0 spiro atoms. The van der Waals surface area contributed by atoms with E-state index >= 15 is 0 Å². The van der Waals surface area contributed by atoms with Crippen molar-refractivity contribution in [3.05, 3.63) is 80.7 Å². The summed E-state index contributed by atoms with van der Waals surface area (Å²) in [5.74, 6) is 0. The third kappa shape index (κ3) is 3.22. The number of rotatable bonds is 4. The minimum absolute atomic E-state index is 0.159. The SMILES string of the molecule is Cc1cc(C)c([C@@H](O)Cn2ccn3nc(-c4cccs4)cc3c2=O)cc1C. The van der Waals surface area contributed by atoms with Crippen molar-refractivity contribution in [3.8, 4) is 10.6 Å². The van der Waals surface area contributed by atoms with Gasteiger partial charge in [-0.3, -0.25) is 4.79 Å². The van der Waals surface area contributed by atoms with Gasteiger partial charge in [0.1, 0.15) is 11.2 Å². The molecule has 0 aliphatic rings. The first-order valence-electron chi connectivity index (χ1n) is 8.82. The zero-order valence-corrected chi connectivity index (χ0v) is 16.3. The average molecular weight is 379 g/mol. The first kappa shape index (κ1) is 17.7. The molecule has 4 aromatic rings. The molecule has 5 nitrogen and oxygen atoms in total. The Balaban J connectivity index is 1.69. The van der Waals surface area contributed by atoms with E-state index in [0.717, 1.165) is 27.3 Å². The lowest BCUT2D eigenvalue weighted by Crippen LogP contribution is -2.24. The van der Waals surface area contributed by atoms with Gasteiger partial charge in [-0.2, -0.15) is 5.10 Å². The number of aliphatic hydroxyl groups is 1. The van der Waals surface area contributed by atoms with Gasteiger partial charge in [-0.1, -0.05) is 18.2 Å². The van der Waals surface area contributed by atoms with Crippen molar-refractivity contribution in [3.63, 3.8) is 0 Å². The van der Waals surface area contributed by atoms with Crippen molar-refractivity contribution in [1.29, 1.82) is 0 Å². The molecule has 1 N–H and O–H groups in total. The van der Waals surface area contributed by atoms with Crippen molar-refractivity contribution < 1.29 is 5.11 Å². The van der Waals surface area contributed by atoms with E-state index in [1.54, 1.807) is 38.9 Å². The predicted octanol–water partition coefficient (Wildman–Crippen LogP) is 3.88. The molecular formula is C21H21N3O2S. The van der Waals surface area contributed by atoms with Crippen LogP contribution in [0.25, 0.3) is 16.1 Å². The van der Waals surface area contributed by atoms with E-state index in [1.807, 2.05) is 37.4 Å². The lowest BCUT2D eigenvalue weighted by Gasteiger charge is -2.17. The van der Waals surface area contributed by atoms with Gasteiger partial charge in [-0.15, -0.1) is 11.3 Å². The van der Waals surface area contributed by atoms with E-state index in [-0.39, 0.29) is 12.1 Å². The number of aromatic nitrogens is 3. The fourth-order valence-electron chi connectivity index (χ4n) is 3.34. The van der Waals surface area contributed by atoms with Gasteiger partial charge in [-0.05, 0) is 60.5 Å². The molecule has 0 aliphatic carbocycles. The summed E-state index contributed by atoms with van der Waals surface area (Å²) in [5.41, 5.74) is 5.35. The molecule has 0 fully saturated rings. The quantitative estimate of drug-likeness (QED) is 0.585. The van der Waals surface area contributed by atoms with Crippen LogP contribution < -0.4 is 5.56 Å². The Morgan fingerprint density at radius 2 is 1.89 bits per heavy atom. The summed E-state index contributed by atoms with van der Waals surface area (Å²) in [7, 11) is 0. The maximum absolute atomic E-state index is 12.9. The molecule has 4 rings (SSSR count). The summed E-state index contributed by atoms with van der Waals surface area (Å²) in [6.07, 6.45) is 2.69. The van der Waals surface area contributed by atoms with Crippen LogP contribution in [0.2, 0.25) is 0 Å². The highest BCUT2D eigenvalue weighted by molar-refractivity contribution is 7.13. The van der Waals surface area contributed by atoms with Gasteiger partial charge in [0.25, 0.3) is 5.56 Å². The largest absolute Gasteiger partial charge is 0.387 e. The number of hydrogen-bond donors (Lipinski definition) is 1. The topological polar surface area (TPSA) is 59.5 Å². The molecular weight excluding hydrogens is 358 g/mol. The molecule has 3 aromatic heterocycles. The van der Waals surface area contributed by atoms with Crippen LogP contribution in [0, 0.1) is 20.8 Å². The van der Waals surface area contributed by atoms with E-state index in [1.165, 1.54) is 5.56 Å². The summed E-state index contributed by atoms with van der Waals surface area (Å²) in [6, 6.07) is 9.83. The Morgan fingerprint density at radius 1 is 1.11 bits per heavy atom. The molecule has 0 saturated heterocycles. The number of aryl methyl sites for hydroxylation is 3. The summed E-state index contributed by atoms with van der Waals surface area (Å²) in [6.45, 7) is 6.28. The van der Waals surface area contributed by atoms with E-state index in [0.29, 0.717) is 5.52 Å². The molecule has 0 amide bonds. The fourth-order valence-corrected chi connectivity index (χ4v) is 4.02. The van der Waals surface area contributed by atoms with E-state index < -0.39 is 6.10 Å². The Kier molecular flexibility index (Phi) is 4.45. The van der Waals surface area contributed by atoms with Crippen LogP contribution in [0.4, 0.5) is 0 Å². The molecule has 6 heteroatoms. The summed E-state index contributed by atoms with van der Waals surface area (Å²) < 4.78 is 3.15. The number of thiophene rings is 1. The Labute approximate surface area is 161 Å². The Bertz CT molecular complexity index is 1170. The van der Waals surface area contributed by atoms with Gasteiger partial charge in [0.2, 0.25) is 0 Å². The number of hydrogen-bond acceptors (Lipinski definition) is 4. The highest BCUT2D eigenvalue weighted by Crippen LogP contribution is 2.24. The van der Waals surface area contributed by atoms with E-state index in [9.17, 15) is 9.90 Å². The standard InChI is InChI=1S/C21H21N3O2S/c1-13-9-15(3)16(10-14(13)2)19(25)12-23-6-7-24-18(21(23)26)11-17(22-24)20-5-4-8-27-20/h4-11,19,25H,12H2,1-3H3/t19-/m0/s1. The van der Waals surface area contributed by atoms with Crippen LogP contribution in [-0.4, -0.2) is 19.3 Å². The van der Waals surface area contributed by atoms with Gasteiger partial charge in [0.15, 0.2) is 0 Å². The minimum Gasteiger partial charge on any atom is -0.387 e. The maximum Gasteiger partial charge on any atom is 0.276 e. The lowest BCUT2D eigenvalue weighted by molar-refractivity contribution is 0.154. The van der Waals surface area contributed by atoms with Crippen LogP contribution in [0.15, 0.2) is 52.9 Å². The number of nitrogens with zero attached hydrogens (tertiary/aromatic N) is 3. The van der Waals surface area contributed by atoms with Crippen molar-refractivity contribution >= 4 is 16.9 Å². The monoisotopic (exact) mass is 379 g/mol. The zero-order valence-electron chi connectivity index (χ0n) is 15.5. The first-order chi connectivity index (χ1) is 12.9. The smallest absolute Gasteiger partial charge is 0.276 e. The highest BCUT2D eigenvalue weighted by Gasteiger charge is 2.15. The third-order valence-corrected chi connectivity index (χ3v) is 5.88. The minimum atomic E-state index is -0.746. The maximum atomic E-state index is 12.9. The highest BCUT2D eigenvalue weighted by atomic mass is 32.1. The van der Waals surface area contributed by atoms with Crippen LogP contribution in [0.3, 0.4) is 0 Å². The molecule has 1 aromatic carbocycles. The van der Waals surface area contributed by atoms with Gasteiger partial charge < -0.3 is 9.67 Å². The summed E-state index contributed by atoms with van der Waals surface area (Å²) in [5, 5.41) is 17.2. The third-order valence-electron chi connectivity index (χ3n) is 4.99. The average Bonchev–Trinajstić information content (AvgIpc) is 3.29. The zero-order chi connectivity index (χ0) is 19.1. The van der Waals surface area contributed by atoms with Crippen LogP contribution in [-0.2, 0) is 6.54 Å². The second-order valence-corrected chi connectivity index (χ2v) is 7.85. The second kappa shape index (κ2) is 6.79. The fraction of sp³-hybridized carbons (Fsp3) is 0.238. The van der Waals surface area contributed by atoms with Gasteiger partial charge in [-0.25, -0.2) is 4.52 Å². The van der Waals surface area contributed by atoms with Crippen molar-refractivity contribution in [2.24, 2.45) is 0 Å². The molecule has 0 aliphatic heterocycles. The van der Waals surface area contributed by atoms with Crippen LogP contribution >= 0.6 is 11.3 Å². The number of aliphatic hydroxyl groups excluding tert-OH is 1. The first-order valence-corrected chi connectivity index (χ1v) is 9.70. The van der Waals surface area contributed by atoms with Crippen LogP contribution in [0.5, 0.6) is 0 Å². The van der Waals surface area contributed by atoms with E-state index in [4.69, 9.17) is 0 Å². The Morgan fingerprint density at radius 3 is 2.63 bits per heavy atom. The number of fused-ring (bicyclic) bond motifs is 1. The molecule has 0 saturated carbocycles. The molecule has 0 bridgehead atoms. The van der Waals surface area contributed by atoms with Crippen LogP contribution in [0.1, 0.15) is 28.4 Å². The van der Waals surface area contributed by atoms with Gasteiger partial charge in [0.05, 0.1) is 17.5 Å². The van der Waals surface area contributed by atoms with Gasteiger partial charge >= 0.3 is 0 Å². The normalized spacial score (nSPS) is 12.6.